The average Bonchev–Trinajstić information content (AvgIpc) is 3.27. The maximum absolute atomic E-state index is 14.4. The third-order valence-electron chi connectivity index (χ3n) is 5.58. The van der Waals surface area contributed by atoms with Crippen LogP contribution in [0.25, 0.3) is 10.9 Å². The fourth-order valence-electron chi connectivity index (χ4n) is 3.94. The second-order valence-corrected chi connectivity index (χ2v) is 8.22. The van der Waals surface area contributed by atoms with Crippen LogP contribution in [0, 0.1) is 5.82 Å². The normalized spacial score (nSPS) is 16.2. The Morgan fingerprint density at radius 3 is 2.91 bits per heavy atom. The lowest BCUT2D eigenvalue weighted by molar-refractivity contribution is -0.122. The number of likely N-dealkylation sites (tertiary alicyclic amines) is 1. The van der Waals surface area contributed by atoms with E-state index >= 15 is 0 Å². The van der Waals surface area contributed by atoms with E-state index in [0.29, 0.717) is 47.1 Å². The number of nitrogens with one attached hydrogen (secondary N) is 1. The second-order valence-electron chi connectivity index (χ2n) is 7.79. The van der Waals surface area contributed by atoms with E-state index in [-0.39, 0.29) is 23.6 Å². The van der Waals surface area contributed by atoms with Gasteiger partial charge in [0.2, 0.25) is 5.91 Å². The monoisotopic (exact) mass is 473 g/mol. The Hall–Kier alpha value is -3.17. The Kier molecular flexibility index (Phi) is 7.10. The molecule has 1 atom stereocenters. The Morgan fingerprint density at radius 2 is 2.15 bits per heavy atom. The zero-order valence-corrected chi connectivity index (χ0v) is 18.9. The van der Waals surface area contributed by atoms with Crippen molar-refractivity contribution in [2.75, 3.05) is 32.1 Å². The largest absolute Gasteiger partial charge is 0.497 e. The molecule has 0 bridgehead atoms. The predicted octanol–water partition coefficient (Wildman–Crippen LogP) is 3.89. The molecule has 0 spiro atoms. The summed E-state index contributed by atoms with van der Waals surface area (Å²) >= 11 is 5.87. The van der Waals surface area contributed by atoms with E-state index in [1.165, 1.54) is 12.1 Å². The minimum atomic E-state index is -0.505. The number of nitrogens with two attached hydrogens (primary N) is 1. The van der Waals surface area contributed by atoms with Crippen molar-refractivity contribution in [2.45, 2.75) is 25.3 Å². The number of carbonyl (C=O) groups excluding carboxylic acids is 1. The number of benzene rings is 2. The molecule has 0 radical (unpaired) electrons. The average molecular weight is 474 g/mol. The minimum absolute atomic E-state index is 0.164. The van der Waals surface area contributed by atoms with E-state index in [1.54, 1.807) is 31.4 Å². The van der Waals surface area contributed by atoms with Crippen molar-refractivity contribution in [2.24, 2.45) is 5.73 Å². The molecule has 1 saturated heterocycles. The molecule has 0 aliphatic carbocycles. The van der Waals surface area contributed by atoms with Gasteiger partial charge < -0.3 is 20.5 Å². The van der Waals surface area contributed by atoms with E-state index < -0.39 is 5.82 Å². The van der Waals surface area contributed by atoms with Crippen molar-refractivity contribution in [1.29, 1.82) is 0 Å². The quantitative estimate of drug-likeness (QED) is 0.454. The van der Waals surface area contributed by atoms with Gasteiger partial charge in [0.15, 0.2) is 0 Å². The third-order valence-corrected chi connectivity index (χ3v) is 5.81. The van der Waals surface area contributed by atoms with Crippen LogP contribution in [0.3, 0.4) is 0 Å². The van der Waals surface area contributed by atoms with Crippen molar-refractivity contribution < 1.29 is 18.7 Å². The van der Waals surface area contributed by atoms with Crippen LogP contribution in [0.15, 0.2) is 36.4 Å². The molecule has 8 nitrogen and oxygen atoms in total. The highest BCUT2D eigenvalue weighted by molar-refractivity contribution is 6.30. The van der Waals surface area contributed by atoms with Crippen LogP contribution < -0.4 is 20.5 Å². The van der Waals surface area contributed by atoms with Crippen LogP contribution >= 0.6 is 11.6 Å². The number of primary amides is 1. The number of fused-ring (bicyclic) bond motifs is 1. The highest BCUT2D eigenvalue weighted by Gasteiger charge is 2.28. The molecule has 1 aromatic heterocycles. The van der Waals surface area contributed by atoms with Gasteiger partial charge in [-0.3, -0.25) is 9.69 Å². The van der Waals surface area contributed by atoms with Crippen molar-refractivity contribution >= 4 is 39.9 Å². The molecule has 2 aromatic carbocycles. The molecular formula is C23H25ClFN5O3. The Labute approximate surface area is 195 Å². The van der Waals surface area contributed by atoms with Gasteiger partial charge in [-0.15, -0.1) is 0 Å². The van der Waals surface area contributed by atoms with Gasteiger partial charge in [-0.25, -0.2) is 4.39 Å². The summed E-state index contributed by atoms with van der Waals surface area (Å²) in [6, 6.07) is 9.65. The summed E-state index contributed by atoms with van der Waals surface area (Å²) in [5.74, 6) is 0.207. The number of aromatic nitrogens is 2. The predicted molar refractivity (Wildman–Crippen MR) is 125 cm³/mol. The first kappa shape index (κ1) is 23.0. The summed E-state index contributed by atoms with van der Waals surface area (Å²) in [6.45, 7) is 1.90. The fraction of sp³-hybridized carbons (Fsp3) is 0.348. The molecule has 1 fully saturated rings. The summed E-state index contributed by atoms with van der Waals surface area (Å²) in [5, 5.41) is 3.96. The van der Waals surface area contributed by atoms with E-state index in [9.17, 15) is 9.18 Å². The maximum Gasteiger partial charge on any atom is 0.318 e. The van der Waals surface area contributed by atoms with Gasteiger partial charge in [-0.05, 0) is 62.2 Å². The SMILES string of the molecule is COc1ccc2nc(OCCCN3CCC[C@H]3C(N)=O)nc(Nc3ccc(Cl)cc3F)c2c1. The van der Waals surface area contributed by atoms with Crippen molar-refractivity contribution in [3.63, 3.8) is 0 Å². The minimum Gasteiger partial charge on any atom is -0.497 e. The number of methoxy groups -OCH3 is 1. The van der Waals surface area contributed by atoms with Crippen molar-refractivity contribution in [1.82, 2.24) is 14.9 Å². The lowest BCUT2D eigenvalue weighted by atomic mass is 10.2. The molecule has 0 unspecified atom stereocenters. The first-order chi connectivity index (χ1) is 15.9. The van der Waals surface area contributed by atoms with Crippen LogP contribution in [0.1, 0.15) is 19.3 Å². The molecule has 174 valence electrons. The van der Waals surface area contributed by atoms with E-state index in [4.69, 9.17) is 26.8 Å². The smallest absolute Gasteiger partial charge is 0.318 e. The summed E-state index contributed by atoms with van der Waals surface area (Å²) < 4.78 is 25.5. The Bertz CT molecular complexity index is 1160. The Morgan fingerprint density at radius 1 is 1.30 bits per heavy atom. The first-order valence-corrected chi connectivity index (χ1v) is 11.1. The summed E-state index contributed by atoms with van der Waals surface area (Å²) in [4.78, 5) is 22.6. The van der Waals surface area contributed by atoms with Gasteiger partial charge >= 0.3 is 6.01 Å². The lowest BCUT2D eigenvalue weighted by Gasteiger charge is -2.21. The van der Waals surface area contributed by atoms with Gasteiger partial charge in [0.1, 0.15) is 17.4 Å². The van der Waals surface area contributed by atoms with Crippen LogP contribution in [-0.4, -0.2) is 53.6 Å². The van der Waals surface area contributed by atoms with Gasteiger partial charge in [-0.1, -0.05) is 11.6 Å². The number of halogens is 2. The molecule has 0 saturated carbocycles. The van der Waals surface area contributed by atoms with Gasteiger partial charge in [0.05, 0.1) is 31.0 Å². The highest BCUT2D eigenvalue weighted by atomic mass is 35.5. The zero-order valence-electron chi connectivity index (χ0n) is 18.2. The molecular weight excluding hydrogens is 449 g/mol. The van der Waals surface area contributed by atoms with E-state index in [1.807, 2.05) is 0 Å². The van der Waals surface area contributed by atoms with Crippen molar-refractivity contribution in [3.05, 3.63) is 47.2 Å². The van der Waals surface area contributed by atoms with Gasteiger partial charge in [-0.2, -0.15) is 9.97 Å². The standard InChI is InChI=1S/C23H25ClFN5O3/c1-32-15-6-8-18-16(13-15)22(27-19-7-5-14(24)12-17(19)25)29-23(28-18)33-11-3-10-30-9-2-4-20(30)21(26)31/h5-8,12-13,20H,2-4,9-11H2,1H3,(H2,26,31)(H,27,28,29)/t20-/m0/s1. The molecule has 3 aromatic rings. The second kappa shape index (κ2) is 10.2. The molecule has 33 heavy (non-hydrogen) atoms. The van der Waals surface area contributed by atoms with Gasteiger partial charge in [0.25, 0.3) is 0 Å². The lowest BCUT2D eigenvalue weighted by Crippen LogP contribution is -2.41. The summed E-state index contributed by atoms with van der Waals surface area (Å²) in [5.41, 5.74) is 6.31. The number of ether oxygens (including phenoxy) is 2. The molecule has 1 amide bonds. The maximum atomic E-state index is 14.4. The number of anilines is 2. The molecule has 1 aliphatic rings. The summed E-state index contributed by atoms with van der Waals surface area (Å²) in [7, 11) is 1.56. The van der Waals surface area contributed by atoms with Gasteiger partial charge in [0, 0.05) is 17.0 Å². The first-order valence-electron chi connectivity index (χ1n) is 10.7. The molecule has 10 heteroatoms. The number of rotatable bonds is 9. The molecule has 1 aliphatic heterocycles. The van der Waals surface area contributed by atoms with E-state index in [2.05, 4.69) is 20.2 Å². The molecule has 4 rings (SSSR count). The van der Waals surface area contributed by atoms with Crippen LogP contribution in [0.2, 0.25) is 5.02 Å². The number of hydrogen-bond donors (Lipinski definition) is 2. The molecule has 3 N–H and O–H groups in total. The zero-order chi connectivity index (χ0) is 23.4. The van der Waals surface area contributed by atoms with Crippen molar-refractivity contribution in [3.8, 4) is 11.8 Å². The molecule has 2 heterocycles. The number of amides is 1. The number of hydrogen-bond acceptors (Lipinski definition) is 7. The number of nitrogens with zero attached hydrogens (tertiary/aromatic N) is 3. The van der Waals surface area contributed by atoms with Crippen LogP contribution in [0.4, 0.5) is 15.9 Å². The third kappa shape index (κ3) is 5.43. The fourth-order valence-corrected chi connectivity index (χ4v) is 4.10. The van der Waals surface area contributed by atoms with E-state index in [0.717, 1.165) is 19.4 Å². The topological polar surface area (TPSA) is 103 Å². The van der Waals surface area contributed by atoms with Crippen LogP contribution in [-0.2, 0) is 4.79 Å². The highest BCUT2D eigenvalue weighted by Crippen LogP contribution is 2.30. The Balaban J connectivity index is 1.51. The summed E-state index contributed by atoms with van der Waals surface area (Å²) in [6.07, 6.45) is 2.44. The number of carbonyl (C=O) groups is 1. The van der Waals surface area contributed by atoms with Crippen LogP contribution in [0.5, 0.6) is 11.8 Å².